The Labute approximate surface area is 305 Å². The summed E-state index contributed by atoms with van der Waals surface area (Å²) in [6.07, 6.45) is 9.28. The van der Waals surface area contributed by atoms with Gasteiger partial charge in [0.2, 0.25) is 0 Å². The van der Waals surface area contributed by atoms with Gasteiger partial charge in [-0.05, 0) is 60.6 Å². The summed E-state index contributed by atoms with van der Waals surface area (Å²) in [5, 5.41) is 0. The van der Waals surface area contributed by atoms with Crippen LogP contribution in [0.2, 0.25) is 0 Å². The van der Waals surface area contributed by atoms with Gasteiger partial charge < -0.3 is 0 Å². The van der Waals surface area contributed by atoms with Crippen LogP contribution < -0.4 is 0 Å². The van der Waals surface area contributed by atoms with E-state index in [4.69, 9.17) is 0 Å². The van der Waals surface area contributed by atoms with E-state index in [0.29, 0.717) is 0 Å². The van der Waals surface area contributed by atoms with E-state index < -0.39 is 0 Å². The molecule has 0 radical (unpaired) electrons. The lowest BCUT2D eigenvalue weighted by Gasteiger charge is -2.31. The van der Waals surface area contributed by atoms with Crippen LogP contribution in [0.1, 0.15) is 139 Å². The van der Waals surface area contributed by atoms with Crippen LogP contribution in [-0.4, -0.2) is 0 Å². The number of hydrogen-bond acceptors (Lipinski definition) is 0. The number of hydrogen-bond donors (Lipinski definition) is 0. The lowest BCUT2D eigenvalue weighted by molar-refractivity contribution is 0.473. The standard InChI is InChI=1S/C50H60/c1-33-31-34(2)44(46(37-19-27-41(28-20-37)49(9,10)11)38-21-29-42(30-22-38)50(12,13)14)32-43(33)45(35-15-23-39(24-16-35)47(3,4)5)36-17-25-40(26-18-36)48(6,7)8/h15-32H,1-14H3. The third-order valence-electron chi connectivity index (χ3n) is 10.3. The molecular weight excluding hydrogens is 601 g/mol. The van der Waals surface area contributed by atoms with Gasteiger partial charge in [-0.1, -0.05) is 199 Å². The van der Waals surface area contributed by atoms with Crippen molar-refractivity contribution in [3.8, 4) is 0 Å². The Balaban J connectivity index is 1.75. The van der Waals surface area contributed by atoms with E-state index in [1.807, 2.05) is 0 Å². The van der Waals surface area contributed by atoms with Crippen LogP contribution >= 0.6 is 0 Å². The molecule has 1 aliphatic rings. The lowest BCUT2D eigenvalue weighted by atomic mass is 9.76. The molecule has 0 bridgehead atoms. The van der Waals surface area contributed by atoms with Crippen molar-refractivity contribution in [2.24, 2.45) is 5.41 Å². The van der Waals surface area contributed by atoms with Crippen LogP contribution in [0.15, 0.2) is 115 Å². The SMILES string of the molecule is Cc1cc(C)c([C-](c2ccc(C(C)(C)C)cc2)c2ccc(C(C)(C)C)cc2)cc1C(=C1C=C[C+](C(C)(C)C)C=C1)c1ccc(C(C)(C)C)cc1. The van der Waals surface area contributed by atoms with Gasteiger partial charge in [0.1, 0.15) is 0 Å². The second-order valence-electron chi connectivity index (χ2n) is 18.5. The third-order valence-corrected chi connectivity index (χ3v) is 10.3. The van der Waals surface area contributed by atoms with Gasteiger partial charge >= 0.3 is 0 Å². The number of rotatable bonds is 5. The average molecular weight is 661 g/mol. The summed E-state index contributed by atoms with van der Waals surface area (Å²) in [6.45, 7) is 32.0. The maximum absolute atomic E-state index is 2.47. The summed E-state index contributed by atoms with van der Waals surface area (Å²) in [4.78, 5) is 0. The van der Waals surface area contributed by atoms with Crippen molar-refractivity contribution in [2.75, 3.05) is 0 Å². The Kier molecular flexibility index (Phi) is 10.0. The van der Waals surface area contributed by atoms with Crippen LogP contribution in [0.4, 0.5) is 0 Å². The van der Waals surface area contributed by atoms with Crippen LogP contribution in [0.3, 0.4) is 0 Å². The van der Waals surface area contributed by atoms with Crippen LogP contribution in [0.5, 0.6) is 0 Å². The number of allylic oxidation sites excluding steroid dienone is 5. The summed E-state index contributed by atoms with van der Waals surface area (Å²) in [5.41, 5.74) is 15.8. The zero-order chi connectivity index (χ0) is 36.8. The second kappa shape index (κ2) is 13.5. The van der Waals surface area contributed by atoms with Crippen molar-refractivity contribution in [1.82, 2.24) is 0 Å². The molecule has 4 aromatic rings. The van der Waals surface area contributed by atoms with Gasteiger partial charge in [0.05, 0.1) is 23.6 Å². The third kappa shape index (κ3) is 8.07. The molecule has 0 aromatic heterocycles. The van der Waals surface area contributed by atoms with Crippen molar-refractivity contribution >= 4 is 5.57 Å². The van der Waals surface area contributed by atoms with Crippen LogP contribution in [0.25, 0.3) is 5.57 Å². The predicted octanol–water partition coefficient (Wildman–Crippen LogP) is 13.8. The van der Waals surface area contributed by atoms with E-state index in [1.165, 1.54) is 78.6 Å². The Hall–Kier alpha value is -4.16. The zero-order valence-corrected chi connectivity index (χ0v) is 33.4. The summed E-state index contributed by atoms with van der Waals surface area (Å²) < 4.78 is 0. The first-order chi connectivity index (χ1) is 23.1. The first-order valence-electron chi connectivity index (χ1n) is 18.4. The van der Waals surface area contributed by atoms with Crippen molar-refractivity contribution in [1.29, 1.82) is 0 Å². The minimum absolute atomic E-state index is 0.0922. The lowest BCUT2D eigenvalue weighted by Crippen LogP contribution is -2.15. The van der Waals surface area contributed by atoms with E-state index in [-0.39, 0.29) is 21.7 Å². The average Bonchev–Trinajstić information content (AvgIpc) is 3.02. The van der Waals surface area contributed by atoms with Gasteiger partial charge in [-0.25, -0.2) is 0 Å². The van der Waals surface area contributed by atoms with Gasteiger partial charge in [-0.2, -0.15) is 0 Å². The van der Waals surface area contributed by atoms with Crippen molar-refractivity contribution in [2.45, 2.75) is 113 Å². The Morgan fingerprint density at radius 1 is 0.500 bits per heavy atom. The van der Waals surface area contributed by atoms with E-state index >= 15 is 0 Å². The highest BCUT2D eigenvalue weighted by Crippen LogP contribution is 2.42. The molecule has 0 nitrogen and oxygen atoms in total. The Bertz CT molecular complexity index is 1820. The molecule has 0 fully saturated rings. The fourth-order valence-electron chi connectivity index (χ4n) is 6.89. The fraction of sp³-hybridized carbons (Fsp3) is 0.360. The van der Waals surface area contributed by atoms with Crippen molar-refractivity contribution in [3.05, 3.63) is 182 Å². The van der Waals surface area contributed by atoms with Gasteiger partial charge in [-0.3, -0.25) is 0 Å². The Morgan fingerprint density at radius 2 is 0.900 bits per heavy atom. The van der Waals surface area contributed by atoms with E-state index in [9.17, 15) is 0 Å². The molecule has 5 rings (SSSR count). The first-order valence-corrected chi connectivity index (χ1v) is 18.4. The maximum atomic E-state index is 2.47. The monoisotopic (exact) mass is 660 g/mol. The Morgan fingerprint density at radius 3 is 1.28 bits per heavy atom. The highest BCUT2D eigenvalue weighted by atomic mass is 14.3. The smallest absolute Gasteiger partial charge is 0.0917 e. The summed E-state index contributed by atoms with van der Waals surface area (Å²) in [5.74, 6) is 2.62. The minimum Gasteiger partial charge on any atom is -0.0996 e. The van der Waals surface area contributed by atoms with E-state index in [2.05, 4.69) is 206 Å². The molecule has 0 amide bonds. The summed E-state index contributed by atoms with van der Waals surface area (Å²) in [6, 6.07) is 32.7. The molecule has 0 saturated heterocycles. The molecule has 4 aromatic carbocycles. The van der Waals surface area contributed by atoms with Gasteiger partial charge in [-0.15, -0.1) is 0 Å². The summed E-state index contributed by atoms with van der Waals surface area (Å²) in [7, 11) is 0. The van der Waals surface area contributed by atoms with Crippen molar-refractivity contribution < 1.29 is 0 Å². The molecular formula is C50H60. The van der Waals surface area contributed by atoms with Crippen LogP contribution in [-0.2, 0) is 16.2 Å². The molecule has 260 valence electrons. The first kappa shape index (κ1) is 37.1. The molecule has 0 N–H and O–H groups in total. The molecule has 0 heterocycles. The van der Waals surface area contributed by atoms with Gasteiger partial charge in [0, 0.05) is 23.1 Å². The van der Waals surface area contributed by atoms with Gasteiger partial charge in [0.15, 0.2) is 0 Å². The molecule has 50 heavy (non-hydrogen) atoms. The number of benzene rings is 4. The molecule has 1 aliphatic carbocycles. The fourth-order valence-corrected chi connectivity index (χ4v) is 6.89. The van der Waals surface area contributed by atoms with E-state index in [0.717, 1.165) is 0 Å². The highest BCUT2D eigenvalue weighted by Gasteiger charge is 2.29. The van der Waals surface area contributed by atoms with Gasteiger partial charge in [0.25, 0.3) is 0 Å². The predicted molar refractivity (Wildman–Crippen MR) is 219 cm³/mol. The molecule has 0 aliphatic heterocycles. The van der Waals surface area contributed by atoms with Crippen molar-refractivity contribution in [3.63, 3.8) is 0 Å². The van der Waals surface area contributed by atoms with Crippen LogP contribution in [0, 0.1) is 31.1 Å². The zero-order valence-electron chi connectivity index (χ0n) is 33.4. The molecule has 0 spiro atoms. The second-order valence-corrected chi connectivity index (χ2v) is 18.5. The molecule has 0 heteroatoms. The molecule has 0 atom stereocenters. The normalized spacial score (nSPS) is 14.0. The largest absolute Gasteiger partial charge is 0.0996 e. The van der Waals surface area contributed by atoms with E-state index in [1.54, 1.807) is 0 Å². The highest BCUT2D eigenvalue weighted by molar-refractivity contribution is 5.88. The number of aryl methyl sites for hydroxylation is 2. The molecule has 0 unspecified atom stereocenters. The summed E-state index contributed by atoms with van der Waals surface area (Å²) >= 11 is 0. The quantitative estimate of drug-likeness (QED) is 0.148. The maximum Gasteiger partial charge on any atom is 0.0917 e. The topological polar surface area (TPSA) is 0 Å². The minimum atomic E-state index is 0.0922. The molecule has 0 saturated carbocycles.